The molecular weight excluding hydrogens is 324 g/mol. The van der Waals surface area contributed by atoms with Crippen molar-refractivity contribution < 1.29 is 16.8 Å². The van der Waals surface area contributed by atoms with Crippen molar-refractivity contribution in [2.45, 2.75) is 31.2 Å². The van der Waals surface area contributed by atoms with E-state index in [-0.39, 0.29) is 29.0 Å². The largest absolute Gasteiger partial charge is 0.312 e. The van der Waals surface area contributed by atoms with Crippen LogP contribution in [0.25, 0.3) is 0 Å². The highest BCUT2D eigenvalue weighted by molar-refractivity contribution is 7.91. The molecule has 1 aliphatic rings. The number of aryl methyl sites for hydroxylation is 2. The maximum absolute atomic E-state index is 12.2. The van der Waals surface area contributed by atoms with Crippen LogP contribution in [0.15, 0.2) is 23.1 Å². The van der Waals surface area contributed by atoms with Crippen LogP contribution in [0, 0.1) is 13.8 Å². The van der Waals surface area contributed by atoms with E-state index in [0.717, 1.165) is 5.56 Å². The molecule has 1 heterocycles. The maximum Gasteiger partial charge on any atom is 0.240 e. The Kier molecular flexibility index (Phi) is 5.26. The molecule has 8 heteroatoms. The Morgan fingerprint density at radius 1 is 1.23 bits per heavy atom. The fourth-order valence-electron chi connectivity index (χ4n) is 2.60. The van der Waals surface area contributed by atoms with E-state index in [0.29, 0.717) is 18.5 Å². The van der Waals surface area contributed by atoms with Crippen LogP contribution >= 0.6 is 0 Å². The fraction of sp³-hybridized carbons (Fsp3) is 0.571. The number of sulfone groups is 1. The van der Waals surface area contributed by atoms with Crippen LogP contribution in [0.3, 0.4) is 0 Å². The quantitative estimate of drug-likeness (QED) is 0.726. The van der Waals surface area contributed by atoms with E-state index >= 15 is 0 Å². The van der Waals surface area contributed by atoms with Crippen molar-refractivity contribution in [2.24, 2.45) is 0 Å². The summed E-state index contributed by atoms with van der Waals surface area (Å²) < 4.78 is 49.7. The van der Waals surface area contributed by atoms with Gasteiger partial charge in [0.2, 0.25) is 10.0 Å². The lowest BCUT2D eigenvalue weighted by Crippen LogP contribution is -2.37. The summed E-state index contributed by atoms with van der Waals surface area (Å²) in [5, 5.41) is 3.08. The maximum atomic E-state index is 12.2. The highest BCUT2D eigenvalue weighted by atomic mass is 32.2. The number of hydrogen-bond acceptors (Lipinski definition) is 5. The van der Waals surface area contributed by atoms with Gasteiger partial charge in [-0.1, -0.05) is 17.7 Å². The van der Waals surface area contributed by atoms with E-state index in [1.54, 1.807) is 19.1 Å². The zero-order valence-electron chi connectivity index (χ0n) is 12.8. The second-order valence-electron chi connectivity index (χ2n) is 5.72. The van der Waals surface area contributed by atoms with E-state index in [1.807, 2.05) is 13.0 Å². The summed E-state index contributed by atoms with van der Waals surface area (Å²) in [7, 11) is -6.45. The Bertz CT molecular complexity index is 742. The van der Waals surface area contributed by atoms with Gasteiger partial charge in [-0.25, -0.2) is 21.6 Å². The summed E-state index contributed by atoms with van der Waals surface area (Å²) in [6, 6.07) is 5.12. The Hall–Kier alpha value is -0.960. The molecule has 0 aromatic heterocycles. The van der Waals surface area contributed by atoms with Crippen molar-refractivity contribution >= 4 is 19.9 Å². The highest BCUT2D eigenvalue weighted by Crippen LogP contribution is 2.16. The van der Waals surface area contributed by atoms with E-state index in [1.165, 1.54) is 0 Å². The summed E-state index contributed by atoms with van der Waals surface area (Å²) in [4.78, 5) is 0.279. The minimum atomic E-state index is -3.53. The molecular formula is C14H22N2O4S2. The first kappa shape index (κ1) is 17.4. The molecule has 2 rings (SSSR count). The zero-order chi connectivity index (χ0) is 16.4. The van der Waals surface area contributed by atoms with Gasteiger partial charge in [-0.15, -0.1) is 0 Å². The van der Waals surface area contributed by atoms with Crippen LogP contribution in [0.4, 0.5) is 0 Å². The number of benzene rings is 1. The number of rotatable bonds is 6. The minimum absolute atomic E-state index is 0.0735. The average molecular weight is 346 g/mol. The van der Waals surface area contributed by atoms with Crippen molar-refractivity contribution in [1.29, 1.82) is 0 Å². The van der Waals surface area contributed by atoms with Gasteiger partial charge in [-0.3, -0.25) is 0 Å². The molecule has 22 heavy (non-hydrogen) atoms. The molecule has 0 aliphatic carbocycles. The lowest BCUT2D eigenvalue weighted by Gasteiger charge is -2.12. The molecule has 6 nitrogen and oxygen atoms in total. The molecule has 124 valence electrons. The van der Waals surface area contributed by atoms with Crippen LogP contribution in [0.1, 0.15) is 17.5 Å². The topological polar surface area (TPSA) is 92.3 Å². The lowest BCUT2D eigenvalue weighted by atomic mass is 10.2. The van der Waals surface area contributed by atoms with Crippen molar-refractivity contribution in [1.82, 2.24) is 10.0 Å². The van der Waals surface area contributed by atoms with Gasteiger partial charge in [0.1, 0.15) is 0 Å². The minimum Gasteiger partial charge on any atom is -0.312 e. The summed E-state index contributed by atoms with van der Waals surface area (Å²) in [5.41, 5.74) is 1.72. The lowest BCUT2D eigenvalue weighted by molar-refractivity contribution is 0.542. The molecule has 0 spiro atoms. The molecule has 1 aromatic rings. The summed E-state index contributed by atoms with van der Waals surface area (Å²) in [5.74, 6) is 0.343. The Morgan fingerprint density at radius 2 is 1.95 bits per heavy atom. The second kappa shape index (κ2) is 6.66. The van der Waals surface area contributed by atoms with Gasteiger partial charge in [-0.05, 0) is 31.9 Å². The van der Waals surface area contributed by atoms with Gasteiger partial charge in [0.25, 0.3) is 0 Å². The first-order valence-corrected chi connectivity index (χ1v) is 10.5. The number of nitrogens with one attached hydrogen (secondary N) is 2. The van der Waals surface area contributed by atoms with Crippen molar-refractivity contribution in [2.75, 3.05) is 24.6 Å². The van der Waals surface area contributed by atoms with E-state index in [4.69, 9.17) is 0 Å². The van der Waals surface area contributed by atoms with Crippen LogP contribution in [0.5, 0.6) is 0 Å². The van der Waals surface area contributed by atoms with Crippen molar-refractivity contribution in [3.8, 4) is 0 Å². The first-order valence-electron chi connectivity index (χ1n) is 7.20. The normalized spacial score (nSPS) is 21.1. The van der Waals surface area contributed by atoms with Gasteiger partial charge >= 0.3 is 0 Å². The molecule has 1 fully saturated rings. The van der Waals surface area contributed by atoms with E-state index in [2.05, 4.69) is 10.0 Å². The van der Waals surface area contributed by atoms with E-state index in [9.17, 15) is 16.8 Å². The molecule has 1 aliphatic heterocycles. The predicted octanol–water partition coefficient (Wildman–Crippen LogP) is 0.358. The molecule has 0 unspecified atom stereocenters. The standard InChI is InChI=1S/C14H22N2O4S2/c1-11-3-4-14(12(2)9-11)22(19,20)16-7-6-15-13-5-8-21(17,18)10-13/h3-4,9,13,15-16H,5-8,10H2,1-2H3/t13-/m1/s1. The zero-order valence-corrected chi connectivity index (χ0v) is 14.4. The van der Waals surface area contributed by atoms with Gasteiger partial charge in [0, 0.05) is 19.1 Å². The second-order valence-corrected chi connectivity index (χ2v) is 9.68. The molecule has 1 aromatic carbocycles. The third kappa shape index (κ3) is 4.52. The third-order valence-electron chi connectivity index (χ3n) is 3.70. The third-order valence-corrected chi connectivity index (χ3v) is 7.09. The first-order chi connectivity index (χ1) is 10.2. The van der Waals surface area contributed by atoms with Crippen LogP contribution in [-0.2, 0) is 19.9 Å². The molecule has 1 saturated heterocycles. The number of hydrogen-bond donors (Lipinski definition) is 2. The van der Waals surface area contributed by atoms with Gasteiger partial charge in [-0.2, -0.15) is 0 Å². The summed E-state index contributed by atoms with van der Waals surface area (Å²) in [6.07, 6.45) is 0.589. The highest BCUT2D eigenvalue weighted by Gasteiger charge is 2.27. The summed E-state index contributed by atoms with van der Waals surface area (Å²) >= 11 is 0. The van der Waals surface area contributed by atoms with Crippen molar-refractivity contribution in [3.05, 3.63) is 29.3 Å². The monoisotopic (exact) mass is 346 g/mol. The Morgan fingerprint density at radius 3 is 2.55 bits per heavy atom. The fourth-order valence-corrected chi connectivity index (χ4v) is 5.56. The molecule has 0 bridgehead atoms. The van der Waals surface area contributed by atoms with Gasteiger partial charge in [0.15, 0.2) is 9.84 Å². The van der Waals surface area contributed by atoms with Crippen LogP contribution < -0.4 is 10.0 Å². The number of sulfonamides is 1. The molecule has 1 atom stereocenters. The Labute approximate surface area is 132 Å². The van der Waals surface area contributed by atoms with Gasteiger partial charge in [0.05, 0.1) is 16.4 Å². The summed E-state index contributed by atoms with van der Waals surface area (Å²) in [6.45, 7) is 4.32. The van der Waals surface area contributed by atoms with Crippen LogP contribution in [-0.4, -0.2) is 47.5 Å². The molecule has 2 N–H and O–H groups in total. The predicted molar refractivity (Wildman–Crippen MR) is 86.2 cm³/mol. The van der Waals surface area contributed by atoms with E-state index < -0.39 is 19.9 Å². The smallest absolute Gasteiger partial charge is 0.240 e. The molecule has 0 amide bonds. The van der Waals surface area contributed by atoms with Crippen LogP contribution in [0.2, 0.25) is 0 Å². The average Bonchev–Trinajstić information content (AvgIpc) is 2.74. The van der Waals surface area contributed by atoms with Crippen molar-refractivity contribution in [3.63, 3.8) is 0 Å². The van der Waals surface area contributed by atoms with Gasteiger partial charge < -0.3 is 5.32 Å². The molecule has 0 saturated carbocycles. The Balaban J connectivity index is 1.86. The SMILES string of the molecule is Cc1ccc(S(=O)(=O)NCCN[C@@H]2CCS(=O)(=O)C2)c(C)c1. The molecule has 0 radical (unpaired) electrons.